The van der Waals surface area contributed by atoms with Gasteiger partial charge in [-0.2, -0.15) is 0 Å². The predicted octanol–water partition coefficient (Wildman–Crippen LogP) is -5.09. The van der Waals surface area contributed by atoms with Crippen LogP contribution >= 0.6 is 0 Å². The molecule has 33 nitrogen and oxygen atoms in total. The SMILES string of the molecule is CC(C)C[C@H](NC(=O)[C@H](CO)NC(=O)[C@H](CO)NC(=O)[C@H](Cc1ccccc1)NC(=O)[C@@H](N)CC(N)=O)C(=O)N[C@@H](CCCCN)C(=O)N[C@@H](CC(C)C)C(=O)N[C@@H](CC(N)=O)C(=O)N[C@H](C(=O)N[C@@H](Cc1ccc(O)cc1)C(=O)N[C@@H](CCC(=O)O)C(=O)O)C(C)C. The topological polar surface area (TPSA) is 565 Å². The standard InChI is InChI=1S/C60H92N14O19/c1-30(2)22-39(69-57(89)44(28-75)73-58(90)45(29-76)72-55(87)41(24-33-12-8-7-9-13-33)67-50(82)36(62)26-46(63)78)52(84)65-37(14-10-11-21-61)51(83)68-40(23-31(3)4)53(85)70-43(27-47(64)79)56(88)74-49(32(5)6)59(91)71-42(25-34-15-17-35(77)18-16-34)54(86)66-38(60(92)93)19-20-48(80)81/h7-9,12-13,15-18,30-32,36-45,49,75-77H,10-11,14,19-29,61-62H2,1-6H3,(H2,63,78)(H2,64,79)(H,65,84)(H,66,86)(H,67,82)(H,68,83)(H,69,89)(H,70,85)(H,71,91)(H,72,87)(H,73,90)(H,74,88)(H,80,81)(H,92,93)/t36-,37-,38-,39-,40-,41-,42-,43-,44-,45-,49-/m0/s1. The van der Waals surface area contributed by atoms with Gasteiger partial charge in [0.15, 0.2) is 0 Å². The number of carbonyl (C=O) groups is 14. The lowest BCUT2D eigenvalue weighted by Gasteiger charge is -2.29. The summed E-state index contributed by atoms with van der Waals surface area (Å²) in [6.07, 6.45) is -2.69. The fourth-order valence-electron chi connectivity index (χ4n) is 9.17. The van der Waals surface area contributed by atoms with Gasteiger partial charge in [0.25, 0.3) is 0 Å². The Morgan fingerprint density at radius 3 is 1.25 bits per heavy atom. The molecule has 0 aliphatic rings. The Morgan fingerprint density at radius 2 is 0.817 bits per heavy atom. The van der Waals surface area contributed by atoms with E-state index in [1.165, 1.54) is 38.1 Å². The molecule has 0 bridgehead atoms. The van der Waals surface area contributed by atoms with Crippen molar-refractivity contribution in [3.8, 4) is 5.75 Å². The van der Waals surface area contributed by atoms with E-state index in [0.717, 1.165) is 0 Å². The molecule has 0 fully saturated rings. The zero-order valence-electron chi connectivity index (χ0n) is 52.9. The van der Waals surface area contributed by atoms with Gasteiger partial charge in [-0.05, 0) is 86.1 Å². The molecular formula is C60H92N14O19. The van der Waals surface area contributed by atoms with Gasteiger partial charge in [-0.1, -0.05) is 84.0 Å². The van der Waals surface area contributed by atoms with E-state index in [2.05, 4.69) is 53.2 Å². The Labute approximate surface area is 537 Å². The number of nitrogens with two attached hydrogens (primary N) is 4. The molecule has 0 saturated carbocycles. The molecule has 23 N–H and O–H groups in total. The van der Waals surface area contributed by atoms with Crippen molar-refractivity contribution < 1.29 is 92.7 Å². The van der Waals surface area contributed by atoms with Crippen molar-refractivity contribution in [3.63, 3.8) is 0 Å². The van der Waals surface area contributed by atoms with E-state index in [4.69, 9.17) is 28.0 Å². The quantitative estimate of drug-likeness (QED) is 0.0276. The molecule has 0 saturated heterocycles. The van der Waals surface area contributed by atoms with Crippen LogP contribution < -0.4 is 76.1 Å². The number of phenols is 1. The van der Waals surface area contributed by atoms with E-state index < -0.39 is 194 Å². The summed E-state index contributed by atoms with van der Waals surface area (Å²) in [5.74, 6) is -16.8. The monoisotopic (exact) mass is 1310 g/mol. The van der Waals surface area contributed by atoms with Crippen LogP contribution in [0.5, 0.6) is 5.75 Å². The van der Waals surface area contributed by atoms with Gasteiger partial charge in [-0.3, -0.25) is 62.3 Å². The number of amides is 12. The van der Waals surface area contributed by atoms with Crippen LogP contribution in [0.2, 0.25) is 0 Å². The van der Waals surface area contributed by atoms with E-state index in [-0.39, 0.29) is 62.7 Å². The van der Waals surface area contributed by atoms with Crippen LogP contribution in [0.15, 0.2) is 54.6 Å². The first kappa shape index (κ1) is 79.8. The molecule has 0 aromatic heterocycles. The number of aliphatic carboxylic acids is 2. The van der Waals surface area contributed by atoms with Gasteiger partial charge in [0, 0.05) is 19.3 Å². The zero-order chi connectivity index (χ0) is 70.2. The second kappa shape index (κ2) is 40.5. The second-order valence-electron chi connectivity index (χ2n) is 23.5. The Hall–Kier alpha value is -9.34. The van der Waals surface area contributed by atoms with Crippen LogP contribution in [0.3, 0.4) is 0 Å². The number of aromatic hydroxyl groups is 1. The number of carboxylic acid groups (broad SMARTS) is 2. The molecule has 12 amide bonds. The molecule has 0 radical (unpaired) electrons. The first-order chi connectivity index (χ1) is 43.7. The summed E-state index contributed by atoms with van der Waals surface area (Å²) in [7, 11) is 0. The Kier molecular flexibility index (Phi) is 34.7. The molecule has 33 heteroatoms. The highest BCUT2D eigenvalue weighted by atomic mass is 16.4. The highest BCUT2D eigenvalue weighted by molar-refractivity contribution is 6.00. The minimum absolute atomic E-state index is 0.0829. The van der Waals surface area contributed by atoms with E-state index >= 15 is 0 Å². The molecule has 0 aliphatic carbocycles. The highest BCUT2D eigenvalue weighted by Crippen LogP contribution is 2.15. The summed E-state index contributed by atoms with van der Waals surface area (Å²) in [4.78, 5) is 186. The number of hydrogen-bond acceptors (Lipinski definition) is 19. The van der Waals surface area contributed by atoms with Gasteiger partial charge in [0.1, 0.15) is 66.2 Å². The minimum atomic E-state index is -1.82. The summed E-state index contributed by atoms with van der Waals surface area (Å²) in [6, 6.07) is -3.80. The first-order valence-corrected chi connectivity index (χ1v) is 30.2. The predicted molar refractivity (Wildman–Crippen MR) is 332 cm³/mol. The van der Waals surface area contributed by atoms with Crippen LogP contribution in [0, 0.1) is 17.8 Å². The average Bonchev–Trinajstić information content (AvgIpc) is 0.991. The smallest absolute Gasteiger partial charge is 0.326 e. The lowest BCUT2D eigenvalue weighted by molar-refractivity contribution is -0.143. The number of aliphatic hydroxyl groups excluding tert-OH is 2. The number of rotatable bonds is 43. The first-order valence-electron chi connectivity index (χ1n) is 30.2. The maximum Gasteiger partial charge on any atom is 0.326 e. The van der Waals surface area contributed by atoms with E-state index in [9.17, 15) is 87.5 Å². The third-order valence-electron chi connectivity index (χ3n) is 14.1. The molecule has 93 heavy (non-hydrogen) atoms. The third kappa shape index (κ3) is 29.7. The van der Waals surface area contributed by atoms with E-state index in [1.807, 2.05) is 0 Å². The van der Waals surface area contributed by atoms with Crippen LogP contribution in [0.1, 0.15) is 110 Å². The zero-order valence-corrected chi connectivity index (χ0v) is 52.9. The average molecular weight is 1310 g/mol. The van der Waals surface area contributed by atoms with Gasteiger partial charge in [0.05, 0.1) is 32.1 Å². The summed E-state index contributed by atoms with van der Waals surface area (Å²) in [6.45, 7) is 7.82. The van der Waals surface area contributed by atoms with Gasteiger partial charge in [0.2, 0.25) is 70.9 Å². The van der Waals surface area contributed by atoms with Crippen LogP contribution in [-0.4, -0.2) is 195 Å². The number of unbranched alkanes of at least 4 members (excludes halogenated alkanes) is 1. The van der Waals surface area contributed by atoms with Crippen molar-refractivity contribution in [1.82, 2.24) is 53.2 Å². The Morgan fingerprint density at radius 1 is 0.430 bits per heavy atom. The molecule has 0 heterocycles. The van der Waals surface area contributed by atoms with Crippen LogP contribution in [0.4, 0.5) is 0 Å². The number of nitrogens with one attached hydrogen (secondary N) is 10. The molecular weight excluding hydrogens is 1220 g/mol. The number of carbonyl (C=O) groups excluding carboxylic acids is 12. The number of carboxylic acids is 2. The van der Waals surface area contributed by atoms with Gasteiger partial charge in [-0.25, -0.2) is 4.79 Å². The van der Waals surface area contributed by atoms with E-state index in [0.29, 0.717) is 17.5 Å². The third-order valence-corrected chi connectivity index (χ3v) is 14.1. The fourth-order valence-corrected chi connectivity index (χ4v) is 9.17. The highest BCUT2D eigenvalue weighted by Gasteiger charge is 2.38. The van der Waals surface area contributed by atoms with Crippen molar-refractivity contribution in [2.75, 3.05) is 19.8 Å². The number of aliphatic hydroxyl groups is 2. The molecule has 2 aromatic carbocycles. The largest absolute Gasteiger partial charge is 0.508 e. The van der Waals surface area contributed by atoms with Gasteiger partial charge < -0.3 is 102 Å². The minimum Gasteiger partial charge on any atom is -0.508 e. The van der Waals surface area contributed by atoms with Crippen molar-refractivity contribution in [2.24, 2.45) is 40.7 Å². The summed E-state index contributed by atoms with van der Waals surface area (Å²) in [5.41, 5.74) is 23.2. The van der Waals surface area contributed by atoms with E-state index in [1.54, 1.807) is 58.0 Å². The molecule has 0 aliphatic heterocycles. The Balaban J connectivity index is 2.40. The molecule has 516 valence electrons. The lowest BCUT2D eigenvalue weighted by atomic mass is 9.99. The molecule has 2 rings (SSSR count). The summed E-state index contributed by atoms with van der Waals surface area (Å²) in [5, 5.41) is 73.5. The van der Waals surface area contributed by atoms with Crippen LogP contribution in [0.25, 0.3) is 0 Å². The van der Waals surface area contributed by atoms with Gasteiger partial charge >= 0.3 is 11.9 Å². The second-order valence-corrected chi connectivity index (χ2v) is 23.5. The van der Waals surface area contributed by atoms with Gasteiger partial charge in [-0.15, -0.1) is 0 Å². The molecule has 11 atom stereocenters. The summed E-state index contributed by atoms with van der Waals surface area (Å²) >= 11 is 0. The number of hydrogen-bond donors (Lipinski definition) is 19. The fraction of sp³-hybridized carbons (Fsp3) is 0.567. The molecule has 0 spiro atoms. The number of benzene rings is 2. The molecule has 0 unspecified atom stereocenters. The van der Waals surface area contributed by atoms with Crippen molar-refractivity contribution in [1.29, 1.82) is 0 Å². The molecule has 2 aromatic rings. The number of primary amides is 2. The summed E-state index contributed by atoms with van der Waals surface area (Å²) < 4.78 is 0. The van der Waals surface area contributed by atoms with Crippen molar-refractivity contribution >= 4 is 82.8 Å². The van der Waals surface area contributed by atoms with Crippen LogP contribution in [-0.2, 0) is 80.0 Å². The van der Waals surface area contributed by atoms with Crippen molar-refractivity contribution in [2.45, 2.75) is 179 Å². The normalized spacial score (nSPS) is 14.7. The Bertz CT molecular complexity index is 2880. The van der Waals surface area contributed by atoms with Crippen molar-refractivity contribution in [3.05, 3.63) is 65.7 Å². The maximum absolute atomic E-state index is 14.4. The maximum atomic E-state index is 14.4. The lowest BCUT2D eigenvalue weighted by Crippen LogP contribution is -2.62. The number of phenolic OH excluding ortho intramolecular Hbond substituents is 1.